The molecule has 0 radical (unpaired) electrons. The van der Waals surface area contributed by atoms with E-state index in [9.17, 15) is 0 Å². The zero-order valence-corrected chi connectivity index (χ0v) is 12.5. The lowest BCUT2D eigenvalue weighted by atomic mass is 9.91. The number of halogens is 1. The lowest BCUT2D eigenvalue weighted by molar-refractivity contribution is 0.581. The van der Waals surface area contributed by atoms with E-state index in [4.69, 9.17) is 11.6 Å². The monoisotopic (exact) mass is 272 g/mol. The van der Waals surface area contributed by atoms with Crippen LogP contribution in [0.2, 0.25) is 0 Å². The molecule has 0 spiro atoms. The molecule has 2 rings (SSSR count). The van der Waals surface area contributed by atoms with Crippen molar-refractivity contribution in [1.29, 1.82) is 0 Å². The Bertz CT molecular complexity index is 483. The van der Waals surface area contributed by atoms with Gasteiger partial charge in [-0.2, -0.15) is 0 Å². The molecule has 0 nitrogen and oxygen atoms in total. The number of aryl methyl sites for hydroxylation is 2. The highest BCUT2D eigenvalue weighted by Crippen LogP contribution is 2.20. The van der Waals surface area contributed by atoms with Crippen LogP contribution in [0.5, 0.6) is 0 Å². The molecule has 0 aromatic heterocycles. The Morgan fingerprint density at radius 2 is 1.21 bits per heavy atom. The summed E-state index contributed by atoms with van der Waals surface area (Å²) >= 11 is 6.17. The summed E-state index contributed by atoms with van der Waals surface area (Å²) in [6.07, 6.45) is 2.12. The molecule has 0 unspecified atom stereocenters. The van der Waals surface area contributed by atoms with Crippen molar-refractivity contribution in [2.75, 3.05) is 5.88 Å². The van der Waals surface area contributed by atoms with Gasteiger partial charge >= 0.3 is 0 Å². The van der Waals surface area contributed by atoms with Crippen molar-refractivity contribution in [2.45, 2.75) is 26.7 Å². The van der Waals surface area contributed by atoms with Crippen LogP contribution in [0, 0.1) is 19.8 Å². The summed E-state index contributed by atoms with van der Waals surface area (Å²) in [7, 11) is 0. The topological polar surface area (TPSA) is 0 Å². The summed E-state index contributed by atoms with van der Waals surface area (Å²) < 4.78 is 0. The van der Waals surface area contributed by atoms with Gasteiger partial charge in [0.25, 0.3) is 0 Å². The molecule has 0 saturated heterocycles. The van der Waals surface area contributed by atoms with Crippen LogP contribution in [0.4, 0.5) is 0 Å². The maximum Gasteiger partial charge on any atom is 0.0258 e. The van der Waals surface area contributed by atoms with E-state index < -0.39 is 0 Å². The molecule has 0 N–H and O–H groups in total. The van der Waals surface area contributed by atoms with Gasteiger partial charge in [0.15, 0.2) is 0 Å². The van der Waals surface area contributed by atoms with E-state index in [1.165, 1.54) is 22.3 Å². The Morgan fingerprint density at radius 3 is 1.58 bits per heavy atom. The van der Waals surface area contributed by atoms with Gasteiger partial charge < -0.3 is 0 Å². The first kappa shape index (κ1) is 14.1. The molecule has 19 heavy (non-hydrogen) atoms. The van der Waals surface area contributed by atoms with E-state index in [1.807, 2.05) is 0 Å². The predicted octanol–water partition coefficient (Wildman–Crippen LogP) is 4.94. The van der Waals surface area contributed by atoms with Crippen molar-refractivity contribution < 1.29 is 0 Å². The first-order valence-electron chi connectivity index (χ1n) is 6.85. The largest absolute Gasteiger partial charge is 0.126 e. The Kier molecular flexibility index (Phi) is 5.04. The third kappa shape index (κ3) is 3.84. The highest BCUT2D eigenvalue weighted by atomic mass is 35.5. The van der Waals surface area contributed by atoms with E-state index in [2.05, 4.69) is 62.4 Å². The van der Waals surface area contributed by atoms with E-state index in [-0.39, 0.29) is 0 Å². The lowest BCUT2D eigenvalue weighted by Gasteiger charge is -2.16. The van der Waals surface area contributed by atoms with Crippen LogP contribution in [-0.2, 0) is 12.8 Å². The molecule has 0 amide bonds. The minimum Gasteiger partial charge on any atom is -0.126 e. The van der Waals surface area contributed by atoms with E-state index in [1.54, 1.807) is 0 Å². The van der Waals surface area contributed by atoms with Gasteiger partial charge in [-0.05, 0) is 54.9 Å². The van der Waals surface area contributed by atoms with Crippen molar-refractivity contribution in [3.05, 3.63) is 70.8 Å². The maximum absolute atomic E-state index is 6.17. The number of hydrogen-bond donors (Lipinski definition) is 0. The van der Waals surface area contributed by atoms with Crippen molar-refractivity contribution in [2.24, 2.45) is 5.92 Å². The second kappa shape index (κ2) is 6.77. The van der Waals surface area contributed by atoms with Gasteiger partial charge in [-0.25, -0.2) is 0 Å². The second-order valence-corrected chi connectivity index (χ2v) is 5.59. The van der Waals surface area contributed by atoms with Crippen molar-refractivity contribution in [3.63, 3.8) is 0 Å². The van der Waals surface area contributed by atoms with Gasteiger partial charge in [0.2, 0.25) is 0 Å². The summed E-state index contributed by atoms with van der Waals surface area (Å²) in [5.41, 5.74) is 5.56. The van der Waals surface area contributed by atoms with Crippen molar-refractivity contribution in [1.82, 2.24) is 0 Å². The molecule has 2 aromatic carbocycles. The molecule has 100 valence electrons. The summed E-state index contributed by atoms with van der Waals surface area (Å²) in [6, 6.07) is 17.2. The molecule has 2 aromatic rings. The van der Waals surface area contributed by atoms with E-state index in [0.29, 0.717) is 11.8 Å². The highest BCUT2D eigenvalue weighted by molar-refractivity contribution is 6.18. The summed E-state index contributed by atoms with van der Waals surface area (Å²) in [5, 5.41) is 0. The first-order valence-corrected chi connectivity index (χ1v) is 7.39. The Hall–Kier alpha value is -1.27. The predicted molar refractivity (Wildman–Crippen MR) is 84.0 cm³/mol. The van der Waals surface area contributed by atoms with Crippen LogP contribution >= 0.6 is 11.6 Å². The van der Waals surface area contributed by atoms with Gasteiger partial charge in [-0.3, -0.25) is 0 Å². The molecule has 0 aliphatic rings. The summed E-state index contributed by atoms with van der Waals surface area (Å²) in [5.74, 6) is 1.21. The Labute approximate surface area is 121 Å². The maximum atomic E-state index is 6.17. The van der Waals surface area contributed by atoms with Crippen LogP contribution in [0.25, 0.3) is 0 Å². The fraction of sp³-hybridized carbons (Fsp3) is 0.333. The van der Waals surface area contributed by atoms with Gasteiger partial charge in [0.1, 0.15) is 0 Å². The molecule has 0 saturated carbocycles. The highest BCUT2D eigenvalue weighted by Gasteiger charge is 2.12. The number of benzene rings is 2. The SMILES string of the molecule is Cc1ccccc1CC(CCl)Cc1ccccc1C. The van der Waals surface area contributed by atoms with Crippen LogP contribution < -0.4 is 0 Å². The minimum atomic E-state index is 0.504. The van der Waals surface area contributed by atoms with Crippen LogP contribution in [0.15, 0.2) is 48.5 Å². The molecule has 0 aliphatic heterocycles. The Morgan fingerprint density at radius 1 is 0.789 bits per heavy atom. The lowest BCUT2D eigenvalue weighted by Crippen LogP contribution is -2.11. The zero-order chi connectivity index (χ0) is 13.7. The fourth-order valence-corrected chi connectivity index (χ4v) is 2.70. The average Bonchev–Trinajstić information content (AvgIpc) is 2.42. The number of alkyl halides is 1. The molecule has 0 aliphatic carbocycles. The number of hydrogen-bond acceptors (Lipinski definition) is 0. The number of rotatable bonds is 5. The quantitative estimate of drug-likeness (QED) is 0.676. The third-order valence-electron chi connectivity index (χ3n) is 3.76. The zero-order valence-electron chi connectivity index (χ0n) is 11.7. The Balaban J connectivity index is 2.09. The fourth-order valence-electron chi connectivity index (χ4n) is 2.48. The van der Waals surface area contributed by atoms with Gasteiger partial charge in [0.05, 0.1) is 0 Å². The molecular weight excluding hydrogens is 252 g/mol. The van der Waals surface area contributed by atoms with Crippen molar-refractivity contribution >= 4 is 11.6 Å². The van der Waals surface area contributed by atoms with Crippen LogP contribution in [0.3, 0.4) is 0 Å². The molecule has 1 heteroatoms. The summed E-state index contributed by atoms with van der Waals surface area (Å²) in [6.45, 7) is 4.35. The molecule has 0 bridgehead atoms. The normalized spacial score (nSPS) is 10.9. The minimum absolute atomic E-state index is 0.504. The first-order chi connectivity index (χ1) is 9.20. The average molecular weight is 273 g/mol. The molecule has 0 atom stereocenters. The standard InChI is InChI=1S/C18H21Cl/c1-14-7-3-5-9-17(14)11-16(13-19)12-18-10-6-4-8-15(18)2/h3-10,16H,11-13H2,1-2H3. The van der Waals surface area contributed by atoms with Gasteiger partial charge in [-0.1, -0.05) is 48.5 Å². The third-order valence-corrected chi connectivity index (χ3v) is 4.19. The van der Waals surface area contributed by atoms with E-state index in [0.717, 1.165) is 12.8 Å². The van der Waals surface area contributed by atoms with Crippen molar-refractivity contribution in [3.8, 4) is 0 Å². The summed E-state index contributed by atoms with van der Waals surface area (Å²) in [4.78, 5) is 0. The smallest absolute Gasteiger partial charge is 0.0258 e. The van der Waals surface area contributed by atoms with E-state index >= 15 is 0 Å². The van der Waals surface area contributed by atoms with Crippen LogP contribution in [-0.4, -0.2) is 5.88 Å². The molecule has 0 fully saturated rings. The van der Waals surface area contributed by atoms with Crippen LogP contribution in [0.1, 0.15) is 22.3 Å². The molecular formula is C18H21Cl. The molecule has 0 heterocycles. The second-order valence-electron chi connectivity index (χ2n) is 5.28. The van der Waals surface area contributed by atoms with Gasteiger partial charge in [-0.15, -0.1) is 11.6 Å². The van der Waals surface area contributed by atoms with Gasteiger partial charge in [0, 0.05) is 5.88 Å².